The Hall–Kier alpha value is -11.3. The van der Waals surface area contributed by atoms with Gasteiger partial charge in [0.15, 0.2) is 40.7 Å². The van der Waals surface area contributed by atoms with Crippen molar-refractivity contribution in [3.63, 3.8) is 0 Å². The molecule has 0 unspecified atom stereocenters. The molecule has 36 heteroatoms. The quantitative estimate of drug-likeness (QED) is 0.0577. The van der Waals surface area contributed by atoms with Gasteiger partial charge in [-0.2, -0.15) is 30.6 Å². The van der Waals surface area contributed by atoms with Crippen LogP contribution in [0.5, 0.6) is 5.75 Å². The normalized spacial score (nSPS) is 11.6. The minimum Gasteiger partial charge on any atom is -0.497 e. The van der Waals surface area contributed by atoms with Crippen molar-refractivity contribution in [2.24, 2.45) is 0 Å². The molecule has 0 atom stereocenters. The first-order chi connectivity index (χ1) is 45.2. The number of nitrogen functional groups attached to an aromatic ring is 7. The van der Waals surface area contributed by atoms with E-state index in [1.54, 1.807) is 55.0 Å². The van der Waals surface area contributed by atoms with Gasteiger partial charge >= 0.3 is 0 Å². The molecule has 0 saturated carbocycles. The van der Waals surface area contributed by atoms with E-state index in [1.165, 1.54) is 43.9 Å². The van der Waals surface area contributed by atoms with Crippen LogP contribution in [0.25, 0.3) is 76.3 Å². The summed E-state index contributed by atoms with van der Waals surface area (Å²) in [6, 6.07) is 23.5. The number of carbonyl (C=O) groups is 1. The summed E-state index contributed by atoms with van der Waals surface area (Å²) in [5, 5.41) is 43.0. The van der Waals surface area contributed by atoms with Crippen molar-refractivity contribution < 1.29 is 31.8 Å². The lowest BCUT2D eigenvalue weighted by atomic mass is 10.2. The lowest BCUT2D eigenvalue weighted by Crippen LogP contribution is -2.36. The van der Waals surface area contributed by atoms with Crippen LogP contribution in [0.3, 0.4) is 0 Å². The zero-order valence-electron chi connectivity index (χ0n) is 48.7. The third-order valence-corrected chi connectivity index (χ3v) is 14.6. The molecule has 28 nitrogen and oxygen atoms in total. The van der Waals surface area contributed by atoms with Crippen LogP contribution in [-0.4, -0.2) is 125 Å². The molecular formula is C58H53BrCl3F4N25O3. The van der Waals surface area contributed by atoms with Gasteiger partial charge in [-0.05, 0) is 78.3 Å². The number of methoxy groups -OCH3 is 1. The number of hydrogen-bond acceptors (Lipinski definition) is 21. The van der Waals surface area contributed by atoms with Gasteiger partial charge in [-0.15, -0.1) is 0 Å². The zero-order valence-corrected chi connectivity index (χ0v) is 52.5. The first kappa shape index (κ1) is 67.1. The summed E-state index contributed by atoms with van der Waals surface area (Å²) in [6.07, 6.45) is 10.6. The molecule has 1 fully saturated rings. The SMILES string of the molecule is COc1cc(F)c2c(N)n[nH]c2c1.Nc1[nH]cc2cc(Cl)c(F)cc12.Nc1n[nH]c2c(F)cccc12.Nc1n[nH]c2cc(Br)ccc12.Nc1n[nH]c2cccnc12.Nc1n[nH]c2cncc(Cl)c12.Nc1n[nH]c2cncc(F)c12.O=C(Cl)c1ccc(N2CCOCC2)nc1. The standard InChI is InChI=1S/C10H11ClN2O2.C8H6ClFN2.C8H8FN3O.C7H6BrN3.C7H6FN3.C6H5ClN4.C6H5FN4.C6H6N4/c11-10(14)8-1-2-9(12-7-8)13-3-5-15-6-4-13;9-6-1-4-3-12-8(11)5(4)2-7(6)10;1-13-4-2-5(9)7-6(3-4)11-12-8(7)10;8-4-1-2-5-6(3-4)10-11-7(5)9;8-5-3-1-2-4-6(5)10-11-7(4)9;2*7-3-1-9-2-4-5(3)6(8)11-10-4;7-6-5-4(9-10-6)2-1-3-8-5/h1-2,7H,3-6H2;1-3,12H,11H2;2-3H,1H3,(H3,10,11,12);2*1-3H,(H3,9,10,11);2*1-2H,(H3,8,10,11);1-3H,(H3,7,9,10). The molecule has 484 valence electrons. The number of aromatic nitrogens is 17. The lowest BCUT2D eigenvalue weighted by molar-refractivity contribution is 0.108. The Balaban J connectivity index is 0.000000127. The molecule has 1 aliphatic heterocycles. The minimum absolute atomic E-state index is 0.113. The summed E-state index contributed by atoms with van der Waals surface area (Å²) < 4.78 is 63.1. The highest BCUT2D eigenvalue weighted by molar-refractivity contribution is 9.10. The number of ether oxygens (including phenoxy) is 2. The van der Waals surface area contributed by atoms with Crippen LogP contribution in [0.4, 0.5) is 64.1 Å². The van der Waals surface area contributed by atoms with Crippen LogP contribution in [0.15, 0.2) is 133 Å². The predicted molar refractivity (Wildman–Crippen MR) is 361 cm³/mol. The third-order valence-electron chi connectivity index (χ3n) is 13.3. The monoisotopic (exact) mass is 1410 g/mol. The van der Waals surface area contributed by atoms with Crippen molar-refractivity contribution in [3.8, 4) is 5.75 Å². The van der Waals surface area contributed by atoms with Gasteiger partial charge < -0.3 is 59.5 Å². The summed E-state index contributed by atoms with van der Waals surface area (Å²) >= 11 is 20.1. The highest BCUT2D eigenvalue weighted by Gasteiger charge is 2.14. The van der Waals surface area contributed by atoms with Crippen LogP contribution < -0.4 is 49.8 Å². The number of aromatic amines is 7. The number of halogens is 8. The number of morpholine rings is 1. The van der Waals surface area contributed by atoms with Crippen molar-refractivity contribution in [2.45, 2.75) is 0 Å². The maximum atomic E-state index is 13.3. The molecular weight excluding hydrogens is 1360 g/mol. The van der Waals surface area contributed by atoms with Crippen LogP contribution in [0.1, 0.15) is 10.4 Å². The Morgan fingerprint density at radius 2 is 1.19 bits per heavy atom. The van der Waals surface area contributed by atoms with E-state index >= 15 is 0 Å². The summed E-state index contributed by atoms with van der Waals surface area (Å²) in [5.41, 5.74) is 43.5. The Bertz CT molecular complexity index is 4980. The number of hydrogen-bond donors (Lipinski definition) is 14. The predicted octanol–water partition coefficient (Wildman–Crippen LogP) is 10.7. The van der Waals surface area contributed by atoms with Gasteiger partial charge in [0.25, 0.3) is 5.24 Å². The zero-order chi connectivity index (χ0) is 67.2. The molecule has 15 aromatic rings. The fourth-order valence-corrected chi connectivity index (χ4v) is 9.58. The van der Waals surface area contributed by atoms with Gasteiger partial charge in [-0.1, -0.05) is 45.2 Å². The van der Waals surface area contributed by atoms with E-state index in [1.807, 2.05) is 30.3 Å². The molecule has 12 heterocycles. The summed E-state index contributed by atoms with van der Waals surface area (Å²) in [4.78, 5) is 31.4. The maximum absolute atomic E-state index is 13.3. The van der Waals surface area contributed by atoms with Crippen molar-refractivity contribution in [2.75, 3.05) is 78.4 Å². The van der Waals surface area contributed by atoms with E-state index in [4.69, 9.17) is 84.4 Å². The Morgan fingerprint density at radius 3 is 1.85 bits per heavy atom. The first-order valence-electron chi connectivity index (χ1n) is 27.1. The van der Waals surface area contributed by atoms with Crippen LogP contribution in [0.2, 0.25) is 10.0 Å². The van der Waals surface area contributed by atoms with E-state index in [0.29, 0.717) is 83.5 Å². The number of nitrogens with two attached hydrogens (primary N) is 7. The molecule has 0 spiro atoms. The molecule has 0 radical (unpaired) electrons. The van der Waals surface area contributed by atoms with Gasteiger partial charge in [0.1, 0.15) is 45.9 Å². The smallest absolute Gasteiger partial charge is 0.253 e. The van der Waals surface area contributed by atoms with E-state index in [-0.39, 0.29) is 22.5 Å². The highest BCUT2D eigenvalue weighted by Crippen LogP contribution is 2.29. The first-order valence-corrected chi connectivity index (χ1v) is 29.1. The molecule has 1 saturated heterocycles. The number of nitrogens with one attached hydrogen (secondary N) is 7. The number of anilines is 8. The van der Waals surface area contributed by atoms with Gasteiger partial charge in [-0.25, -0.2) is 22.5 Å². The fourth-order valence-electron chi connectivity index (χ4n) is 8.68. The lowest BCUT2D eigenvalue weighted by Gasteiger charge is -2.27. The van der Waals surface area contributed by atoms with Crippen molar-refractivity contribution in [1.82, 2.24) is 86.1 Å². The van der Waals surface area contributed by atoms with E-state index in [9.17, 15) is 22.4 Å². The number of H-pyrrole nitrogens is 7. The second-order valence-corrected chi connectivity index (χ2v) is 21.4. The van der Waals surface area contributed by atoms with Crippen LogP contribution in [0, 0.1) is 23.3 Å². The summed E-state index contributed by atoms with van der Waals surface area (Å²) in [5.74, 6) is 2.18. The molecule has 0 aliphatic carbocycles. The number of benzene rings is 4. The molecule has 1 aliphatic rings. The average Bonchev–Trinajstić information content (AvgIpc) is 1.73. The highest BCUT2D eigenvalue weighted by atomic mass is 79.9. The fraction of sp³-hybridized carbons (Fsp3) is 0.0862. The second kappa shape index (κ2) is 30.7. The number of carbonyl (C=O) groups excluding carboxylic acids is 1. The molecule has 11 aromatic heterocycles. The van der Waals surface area contributed by atoms with Crippen molar-refractivity contribution in [1.29, 1.82) is 0 Å². The summed E-state index contributed by atoms with van der Waals surface area (Å²) in [7, 11) is 1.47. The van der Waals surface area contributed by atoms with E-state index in [0.717, 1.165) is 81.0 Å². The summed E-state index contributed by atoms with van der Waals surface area (Å²) in [6.45, 7) is 3.11. The van der Waals surface area contributed by atoms with Gasteiger partial charge in [0, 0.05) is 76.0 Å². The largest absolute Gasteiger partial charge is 0.497 e. The average molecular weight is 1410 g/mol. The van der Waals surface area contributed by atoms with Crippen LogP contribution >= 0.6 is 50.7 Å². The van der Waals surface area contributed by atoms with E-state index in [2.05, 4.69) is 107 Å². The van der Waals surface area contributed by atoms with Crippen LogP contribution in [-0.2, 0) is 4.74 Å². The Morgan fingerprint density at radius 1 is 0.564 bits per heavy atom. The number of rotatable bonds is 3. The molecule has 0 bridgehead atoms. The second-order valence-electron chi connectivity index (χ2n) is 19.4. The van der Waals surface area contributed by atoms with E-state index < -0.39 is 22.7 Å². The topological polar surface area (TPSA) is 460 Å². The molecule has 94 heavy (non-hydrogen) atoms. The Labute approximate surface area is 549 Å². The van der Waals surface area contributed by atoms with Gasteiger partial charge in [0.2, 0.25) is 0 Å². The molecule has 21 N–H and O–H groups in total. The molecule has 16 rings (SSSR count). The number of para-hydroxylation sites is 1. The molecule has 0 amide bonds. The van der Waals surface area contributed by atoms with Crippen molar-refractivity contribution in [3.05, 3.63) is 172 Å². The molecule has 4 aromatic carbocycles. The Kier molecular flexibility index (Phi) is 21.9. The number of fused-ring (bicyclic) bond motifs is 7. The minimum atomic E-state index is -0.476. The third kappa shape index (κ3) is 16.3. The van der Waals surface area contributed by atoms with Crippen molar-refractivity contribution >= 4 is 179 Å². The van der Waals surface area contributed by atoms with Gasteiger partial charge in [0.05, 0.1) is 98.3 Å². The number of pyridine rings is 4. The van der Waals surface area contributed by atoms with Gasteiger partial charge in [-0.3, -0.25) is 50.3 Å². The maximum Gasteiger partial charge on any atom is 0.253 e. The number of nitrogens with zero attached hydrogens (tertiary/aromatic N) is 11.